The Morgan fingerprint density at radius 1 is 1.42 bits per heavy atom. The molecule has 0 aromatic heterocycles. The largest absolute Gasteiger partial charge is 0.462 e. The molecule has 3 nitrogen and oxygen atoms in total. The van der Waals surface area contributed by atoms with Crippen molar-refractivity contribution in [3.63, 3.8) is 0 Å². The normalized spacial score (nSPS) is 46.3. The SMILES string of the molecule is CCC(C)(I)C(=O)OCC1(O)CCC23C[C@@H]1C[C@@H]2C3. The Kier molecular flexibility index (Phi) is 3.21. The van der Waals surface area contributed by atoms with Gasteiger partial charge in [0.2, 0.25) is 0 Å². The fourth-order valence-corrected chi connectivity index (χ4v) is 4.25. The fraction of sp³-hybridized carbons (Fsp3) is 0.933. The van der Waals surface area contributed by atoms with Crippen LogP contribution in [0.1, 0.15) is 52.4 Å². The summed E-state index contributed by atoms with van der Waals surface area (Å²) in [6, 6.07) is 0. The molecule has 3 aliphatic rings. The van der Waals surface area contributed by atoms with Crippen LogP contribution in [0.25, 0.3) is 0 Å². The smallest absolute Gasteiger partial charge is 0.321 e. The summed E-state index contributed by atoms with van der Waals surface area (Å²) in [6.45, 7) is 4.07. The van der Waals surface area contributed by atoms with Gasteiger partial charge in [-0.15, -0.1) is 0 Å². The van der Waals surface area contributed by atoms with Gasteiger partial charge in [0, 0.05) is 0 Å². The topological polar surface area (TPSA) is 46.5 Å². The minimum atomic E-state index is -0.755. The number of aliphatic hydroxyl groups is 1. The van der Waals surface area contributed by atoms with Crippen LogP contribution in [0.3, 0.4) is 0 Å². The van der Waals surface area contributed by atoms with E-state index in [2.05, 4.69) is 22.6 Å². The Bertz CT molecular complexity index is 408. The molecule has 0 aromatic carbocycles. The number of hydrogen-bond acceptors (Lipinski definition) is 3. The van der Waals surface area contributed by atoms with Gasteiger partial charge in [-0.1, -0.05) is 29.5 Å². The number of hydrogen-bond donors (Lipinski definition) is 1. The molecule has 0 amide bonds. The predicted molar refractivity (Wildman–Crippen MR) is 81.1 cm³/mol. The van der Waals surface area contributed by atoms with Gasteiger partial charge in [0.15, 0.2) is 0 Å². The molecule has 0 heterocycles. The van der Waals surface area contributed by atoms with Gasteiger partial charge in [-0.25, -0.2) is 0 Å². The summed E-state index contributed by atoms with van der Waals surface area (Å²) in [7, 11) is 0. The molecular formula is C15H23IO3. The molecule has 2 bridgehead atoms. The number of carbonyl (C=O) groups is 1. The molecule has 3 fully saturated rings. The van der Waals surface area contributed by atoms with Crippen LogP contribution in [-0.4, -0.2) is 26.7 Å². The Hall–Kier alpha value is 0.160. The van der Waals surface area contributed by atoms with Crippen LogP contribution in [0, 0.1) is 17.3 Å². The number of ether oxygens (including phenoxy) is 1. The molecule has 0 aromatic rings. The van der Waals surface area contributed by atoms with Gasteiger partial charge in [-0.2, -0.15) is 0 Å². The van der Waals surface area contributed by atoms with Gasteiger partial charge in [-0.05, 0) is 62.7 Å². The van der Waals surface area contributed by atoms with Crippen molar-refractivity contribution in [2.24, 2.45) is 17.3 Å². The molecule has 0 saturated heterocycles. The molecule has 1 spiro atoms. The van der Waals surface area contributed by atoms with Crippen LogP contribution in [0.2, 0.25) is 0 Å². The molecule has 1 N–H and O–H groups in total. The maximum atomic E-state index is 12.0. The van der Waals surface area contributed by atoms with E-state index in [0.717, 1.165) is 38.0 Å². The summed E-state index contributed by atoms with van der Waals surface area (Å²) in [6.07, 6.45) is 6.35. The highest BCUT2D eigenvalue weighted by molar-refractivity contribution is 14.1. The number of halogens is 1. The Morgan fingerprint density at radius 2 is 2.11 bits per heavy atom. The molecule has 3 rings (SSSR count). The molecule has 108 valence electrons. The molecule has 3 aliphatic carbocycles. The minimum Gasteiger partial charge on any atom is -0.462 e. The van der Waals surface area contributed by atoms with Crippen molar-refractivity contribution in [3.05, 3.63) is 0 Å². The summed E-state index contributed by atoms with van der Waals surface area (Å²) in [5.74, 6) is 1.02. The molecule has 3 saturated carbocycles. The van der Waals surface area contributed by atoms with E-state index in [1.165, 1.54) is 6.42 Å². The van der Waals surface area contributed by atoms with E-state index < -0.39 is 9.02 Å². The number of rotatable bonds is 4. The Labute approximate surface area is 128 Å². The lowest BCUT2D eigenvalue weighted by atomic mass is 9.73. The van der Waals surface area contributed by atoms with Crippen LogP contribution >= 0.6 is 22.6 Å². The van der Waals surface area contributed by atoms with Crippen molar-refractivity contribution in [1.29, 1.82) is 0 Å². The van der Waals surface area contributed by atoms with Crippen LogP contribution in [0.4, 0.5) is 0 Å². The summed E-state index contributed by atoms with van der Waals surface area (Å²) in [4.78, 5) is 12.0. The molecule has 0 aliphatic heterocycles. The van der Waals surface area contributed by atoms with E-state index >= 15 is 0 Å². The van der Waals surface area contributed by atoms with Gasteiger partial charge in [0.25, 0.3) is 0 Å². The van der Waals surface area contributed by atoms with Crippen molar-refractivity contribution in [2.75, 3.05) is 6.61 Å². The van der Waals surface area contributed by atoms with E-state index in [1.807, 2.05) is 13.8 Å². The lowest BCUT2D eigenvalue weighted by Gasteiger charge is -2.40. The number of fused-ring (bicyclic) bond motifs is 1. The third-order valence-corrected chi connectivity index (χ3v) is 7.14. The summed E-state index contributed by atoms with van der Waals surface area (Å²) < 4.78 is 4.97. The zero-order valence-corrected chi connectivity index (χ0v) is 13.9. The maximum Gasteiger partial charge on any atom is 0.321 e. The standard InChI is InChI=1S/C15H23IO3/c1-3-13(2,16)12(17)19-9-15(18)5-4-14-7-10(14)6-11(15)8-14/h10-11,18H,3-9H2,1-2H3/t10-,11+,13?,14?,15?/m1/s1. The molecular weight excluding hydrogens is 355 g/mol. The first-order valence-electron chi connectivity index (χ1n) is 7.40. The van der Waals surface area contributed by atoms with Gasteiger partial charge in [0.1, 0.15) is 15.6 Å². The van der Waals surface area contributed by atoms with Gasteiger partial charge >= 0.3 is 5.97 Å². The van der Waals surface area contributed by atoms with Crippen LogP contribution in [-0.2, 0) is 9.53 Å². The van der Waals surface area contributed by atoms with E-state index in [4.69, 9.17) is 4.74 Å². The van der Waals surface area contributed by atoms with Crippen molar-refractivity contribution < 1.29 is 14.6 Å². The number of alkyl halides is 1. The van der Waals surface area contributed by atoms with Gasteiger partial charge in [-0.3, -0.25) is 4.79 Å². The Balaban J connectivity index is 1.59. The second-order valence-corrected chi connectivity index (χ2v) is 9.51. The highest BCUT2D eigenvalue weighted by atomic mass is 127. The lowest BCUT2D eigenvalue weighted by molar-refractivity contribution is -0.160. The first kappa shape index (κ1) is 14.1. The molecule has 3 unspecified atom stereocenters. The quantitative estimate of drug-likeness (QED) is 0.465. The first-order valence-corrected chi connectivity index (χ1v) is 8.48. The number of esters is 1. The number of carbonyl (C=O) groups excluding carboxylic acids is 1. The van der Waals surface area contributed by atoms with E-state index in [0.29, 0.717) is 11.3 Å². The minimum absolute atomic E-state index is 0.188. The van der Waals surface area contributed by atoms with Crippen LogP contribution in [0.15, 0.2) is 0 Å². The van der Waals surface area contributed by atoms with E-state index in [1.54, 1.807) is 0 Å². The van der Waals surface area contributed by atoms with Crippen LogP contribution in [0.5, 0.6) is 0 Å². The van der Waals surface area contributed by atoms with E-state index in [-0.39, 0.29) is 12.6 Å². The first-order chi connectivity index (χ1) is 8.81. The fourth-order valence-electron chi connectivity index (χ4n) is 4.10. The molecule has 19 heavy (non-hydrogen) atoms. The molecule has 5 atom stereocenters. The van der Waals surface area contributed by atoms with Gasteiger partial charge < -0.3 is 9.84 Å². The third-order valence-electron chi connectivity index (χ3n) is 5.94. The van der Waals surface area contributed by atoms with Crippen molar-refractivity contribution in [3.8, 4) is 0 Å². The lowest BCUT2D eigenvalue weighted by Crippen LogP contribution is -2.47. The van der Waals surface area contributed by atoms with Gasteiger partial charge in [0.05, 0.1) is 0 Å². The summed E-state index contributed by atoms with van der Waals surface area (Å²) in [5, 5.41) is 10.8. The maximum absolute atomic E-state index is 12.0. The van der Waals surface area contributed by atoms with E-state index in [9.17, 15) is 9.90 Å². The van der Waals surface area contributed by atoms with Crippen LogP contribution < -0.4 is 0 Å². The second-order valence-electron chi connectivity index (χ2n) is 7.13. The summed E-state index contributed by atoms with van der Waals surface area (Å²) >= 11 is 2.14. The van der Waals surface area contributed by atoms with Crippen molar-refractivity contribution in [1.82, 2.24) is 0 Å². The average Bonchev–Trinajstić information content (AvgIpc) is 2.95. The summed E-state index contributed by atoms with van der Waals surface area (Å²) in [5.41, 5.74) is -0.170. The average molecular weight is 378 g/mol. The highest BCUT2D eigenvalue weighted by Crippen LogP contribution is 2.72. The van der Waals surface area contributed by atoms with Crippen molar-refractivity contribution >= 4 is 28.6 Å². The highest BCUT2D eigenvalue weighted by Gasteiger charge is 2.66. The monoisotopic (exact) mass is 378 g/mol. The zero-order valence-electron chi connectivity index (χ0n) is 11.7. The zero-order chi connectivity index (χ0) is 13.9. The Morgan fingerprint density at radius 3 is 2.79 bits per heavy atom. The predicted octanol–water partition coefficient (Wildman–Crippen LogP) is 3.07. The molecule has 4 heteroatoms. The van der Waals surface area contributed by atoms with Crippen molar-refractivity contribution in [2.45, 2.75) is 61.4 Å². The second kappa shape index (κ2) is 4.33. The third kappa shape index (κ3) is 2.23. The molecule has 0 radical (unpaired) electrons.